The summed E-state index contributed by atoms with van der Waals surface area (Å²) in [6.45, 7) is 4.43. The minimum absolute atomic E-state index is 0.172. The molecule has 1 heterocycles. The molecule has 0 aliphatic heterocycles. The van der Waals surface area contributed by atoms with Gasteiger partial charge in [0, 0.05) is 11.4 Å². The average molecular weight is 378 g/mol. The van der Waals surface area contributed by atoms with Gasteiger partial charge in [0.05, 0.1) is 18.7 Å². The van der Waals surface area contributed by atoms with Crippen LogP contribution in [-0.4, -0.2) is 27.8 Å². The van der Waals surface area contributed by atoms with E-state index in [1.807, 2.05) is 16.8 Å². The van der Waals surface area contributed by atoms with Gasteiger partial charge in [-0.1, -0.05) is 38.8 Å². The Bertz CT molecular complexity index is 870. The van der Waals surface area contributed by atoms with Crippen LogP contribution in [0.5, 0.6) is 0 Å². The molecule has 28 heavy (non-hydrogen) atoms. The number of anilines is 2. The van der Waals surface area contributed by atoms with E-state index in [1.54, 1.807) is 24.8 Å². The van der Waals surface area contributed by atoms with Crippen molar-refractivity contribution in [2.75, 3.05) is 12.4 Å². The van der Waals surface area contributed by atoms with Crippen molar-refractivity contribution < 1.29 is 9.53 Å². The van der Waals surface area contributed by atoms with Crippen LogP contribution in [0.25, 0.3) is 0 Å². The Morgan fingerprint density at radius 2 is 1.64 bits per heavy atom. The quantitative estimate of drug-likeness (QED) is 0.568. The maximum Gasteiger partial charge on any atom is 0.337 e. The highest BCUT2D eigenvalue weighted by Gasteiger charge is 2.23. The summed E-state index contributed by atoms with van der Waals surface area (Å²) in [4.78, 5) is 15.7. The molecule has 6 heteroatoms. The zero-order chi connectivity index (χ0) is 19.9. The van der Waals surface area contributed by atoms with Crippen molar-refractivity contribution in [3.05, 3.63) is 72.3 Å². The van der Waals surface area contributed by atoms with Gasteiger partial charge in [-0.15, -0.1) is 0 Å². The predicted octanol–water partition coefficient (Wildman–Crippen LogP) is 4.83. The third kappa shape index (κ3) is 4.39. The van der Waals surface area contributed by atoms with Crippen LogP contribution in [-0.2, 0) is 4.74 Å². The van der Waals surface area contributed by atoms with E-state index < -0.39 is 0 Å². The van der Waals surface area contributed by atoms with Gasteiger partial charge < -0.3 is 10.1 Å². The topological polar surface area (TPSA) is 69.0 Å². The molecule has 0 saturated carbocycles. The molecule has 3 rings (SSSR count). The van der Waals surface area contributed by atoms with Gasteiger partial charge in [-0.3, -0.25) is 0 Å². The molecule has 1 atom stereocenters. The fourth-order valence-corrected chi connectivity index (χ4v) is 3.47. The second kappa shape index (κ2) is 9.17. The molecule has 1 unspecified atom stereocenters. The smallest absolute Gasteiger partial charge is 0.337 e. The third-order valence-corrected chi connectivity index (χ3v) is 5.06. The van der Waals surface area contributed by atoms with Crippen molar-refractivity contribution in [2.45, 2.75) is 32.7 Å². The highest BCUT2D eigenvalue weighted by atomic mass is 16.5. The molecule has 3 aromatic rings. The maximum absolute atomic E-state index is 11.5. The first-order chi connectivity index (χ1) is 13.7. The Morgan fingerprint density at radius 3 is 2.14 bits per heavy atom. The fourth-order valence-electron chi connectivity index (χ4n) is 3.47. The maximum atomic E-state index is 11.5. The predicted molar refractivity (Wildman–Crippen MR) is 110 cm³/mol. The van der Waals surface area contributed by atoms with Gasteiger partial charge in [-0.2, -0.15) is 5.10 Å². The second-order valence-electron chi connectivity index (χ2n) is 6.71. The number of ether oxygens (including phenoxy) is 1. The summed E-state index contributed by atoms with van der Waals surface area (Å²) in [6, 6.07) is 15.8. The first-order valence-corrected chi connectivity index (χ1v) is 9.55. The van der Waals surface area contributed by atoms with Gasteiger partial charge in [0.25, 0.3) is 0 Å². The standard InChI is InChI=1S/C22H26N4O2/c1-4-16(5-2)21(26-15-23-14-24-26)17-6-10-19(11-7-17)25-20-12-8-18(9-13-20)22(27)28-3/h6-16,21,25H,4-5H2,1-3H3. The summed E-state index contributed by atoms with van der Waals surface area (Å²) in [5.74, 6) is 0.155. The molecule has 0 aliphatic rings. The second-order valence-corrected chi connectivity index (χ2v) is 6.71. The highest BCUT2D eigenvalue weighted by molar-refractivity contribution is 5.89. The number of carbonyl (C=O) groups is 1. The average Bonchev–Trinajstić information content (AvgIpc) is 3.27. The molecular weight excluding hydrogens is 352 g/mol. The lowest BCUT2D eigenvalue weighted by atomic mass is 9.89. The van der Waals surface area contributed by atoms with Crippen LogP contribution in [0.3, 0.4) is 0 Å². The molecule has 1 aromatic heterocycles. The van der Waals surface area contributed by atoms with Gasteiger partial charge in [0.1, 0.15) is 12.7 Å². The van der Waals surface area contributed by atoms with E-state index in [4.69, 9.17) is 4.74 Å². The van der Waals surface area contributed by atoms with E-state index >= 15 is 0 Å². The van der Waals surface area contributed by atoms with E-state index in [1.165, 1.54) is 12.7 Å². The van der Waals surface area contributed by atoms with Crippen molar-refractivity contribution in [1.29, 1.82) is 0 Å². The van der Waals surface area contributed by atoms with Gasteiger partial charge >= 0.3 is 5.97 Å². The number of esters is 1. The number of benzene rings is 2. The molecule has 0 amide bonds. The Balaban J connectivity index is 1.77. The lowest BCUT2D eigenvalue weighted by Gasteiger charge is -2.26. The normalized spacial score (nSPS) is 12.0. The molecule has 1 N–H and O–H groups in total. The molecule has 2 aromatic carbocycles. The van der Waals surface area contributed by atoms with Crippen molar-refractivity contribution in [2.24, 2.45) is 5.92 Å². The molecule has 0 saturated heterocycles. The molecule has 0 bridgehead atoms. The van der Waals surface area contributed by atoms with Crippen LogP contribution < -0.4 is 5.32 Å². The Morgan fingerprint density at radius 1 is 1.04 bits per heavy atom. The van der Waals surface area contributed by atoms with E-state index in [0.29, 0.717) is 11.5 Å². The molecule has 0 spiro atoms. The lowest BCUT2D eigenvalue weighted by molar-refractivity contribution is 0.0601. The van der Waals surface area contributed by atoms with Gasteiger partial charge in [0.2, 0.25) is 0 Å². The van der Waals surface area contributed by atoms with Crippen LogP contribution in [0.1, 0.15) is 48.7 Å². The van der Waals surface area contributed by atoms with Crippen LogP contribution in [0.2, 0.25) is 0 Å². The van der Waals surface area contributed by atoms with Gasteiger partial charge in [0.15, 0.2) is 0 Å². The Labute approximate surface area is 165 Å². The summed E-state index contributed by atoms with van der Waals surface area (Å²) in [6.07, 6.45) is 5.53. The fraction of sp³-hybridized carbons (Fsp3) is 0.318. The van der Waals surface area contributed by atoms with Crippen LogP contribution >= 0.6 is 0 Å². The Hall–Kier alpha value is -3.15. The van der Waals surface area contributed by atoms with Crippen molar-refractivity contribution in [3.63, 3.8) is 0 Å². The van der Waals surface area contributed by atoms with Gasteiger partial charge in [-0.05, 0) is 47.9 Å². The van der Waals surface area contributed by atoms with Crippen LogP contribution in [0, 0.1) is 5.92 Å². The van der Waals surface area contributed by atoms with Crippen LogP contribution in [0.4, 0.5) is 11.4 Å². The monoisotopic (exact) mass is 378 g/mol. The van der Waals surface area contributed by atoms with E-state index in [9.17, 15) is 4.79 Å². The summed E-state index contributed by atoms with van der Waals surface area (Å²) in [5.41, 5.74) is 3.64. The number of carbonyl (C=O) groups excluding carboxylic acids is 1. The molecule has 0 radical (unpaired) electrons. The van der Waals surface area contributed by atoms with Crippen molar-refractivity contribution >= 4 is 17.3 Å². The van der Waals surface area contributed by atoms with E-state index in [0.717, 1.165) is 24.2 Å². The number of nitrogens with zero attached hydrogens (tertiary/aromatic N) is 3. The van der Waals surface area contributed by atoms with Crippen molar-refractivity contribution in [1.82, 2.24) is 14.8 Å². The van der Waals surface area contributed by atoms with E-state index in [-0.39, 0.29) is 12.0 Å². The zero-order valence-electron chi connectivity index (χ0n) is 16.5. The lowest BCUT2D eigenvalue weighted by Crippen LogP contribution is -2.20. The van der Waals surface area contributed by atoms with Gasteiger partial charge in [-0.25, -0.2) is 14.5 Å². The highest BCUT2D eigenvalue weighted by Crippen LogP contribution is 2.31. The summed E-state index contributed by atoms with van der Waals surface area (Å²) >= 11 is 0. The first-order valence-electron chi connectivity index (χ1n) is 9.55. The zero-order valence-corrected chi connectivity index (χ0v) is 16.5. The third-order valence-electron chi connectivity index (χ3n) is 5.06. The molecule has 0 fully saturated rings. The molecule has 146 valence electrons. The minimum Gasteiger partial charge on any atom is -0.465 e. The number of methoxy groups -OCH3 is 1. The molecule has 0 aliphatic carbocycles. The minimum atomic E-state index is -0.337. The van der Waals surface area contributed by atoms with Crippen LogP contribution in [0.15, 0.2) is 61.2 Å². The number of nitrogens with one attached hydrogen (secondary N) is 1. The number of rotatable bonds is 8. The Kier molecular flexibility index (Phi) is 6.42. The summed E-state index contributed by atoms with van der Waals surface area (Å²) in [7, 11) is 1.38. The summed E-state index contributed by atoms with van der Waals surface area (Å²) in [5, 5.41) is 7.74. The molecular formula is C22H26N4O2. The first kappa shape index (κ1) is 19.6. The molecule has 6 nitrogen and oxygen atoms in total. The number of hydrogen-bond acceptors (Lipinski definition) is 5. The summed E-state index contributed by atoms with van der Waals surface area (Å²) < 4.78 is 6.68. The van der Waals surface area contributed by atoms with E-state index in [2.05, 4.69) is 53.5 Å². The SMILES string of the molecule is CCC(CC)C(c1ccc(Nc2ccc(C(=O)OC)cc2)cc1)n1cncn1. The van der Waals surface area contributed by atoms with Crippen molar-refractivity contribution in [3.8, 4) is 0 Å². The number of aromatic nitrogens is 3. The largest absolute Gasteiger partial charge is 0.465 e. The number of hydrogen-bond donors (Lipinski definition) is 1.